The van der Waals surface area contributed by atoms with Gasteiger partial charge in [0.15, 0.2) is 0 Å². The second kappa shape index (κ2) is 4.84. The topological polar surface area (TPSA) is 41.1 Å². The van der Waals surface area contributed by atoms with Crippen LogP contribution in [0.3, 0.4) is 0 Å². The van der Waals surface area contributed by atoms with Crippen LogP contribution in [0.2, 0.25) is 0 Å². The molecule has 1 aliphatic heterocycles. The Kier molecular flexibility index (Phi) is 3.35. The van der Waals surface area contributed by atoms with Gasteiger partial charge in [0.25, 0.3) is 0 Å². The number of rotatable bonds is 3. The van der Waals surface area contributed by atoms with Gasteiger partial charge in [0.1, 0.15) is 0 Å². The Hall–Kier alpha value is -0.570. The Balaban J connectivity index is 1.54. The van der Waals surface area contributed by atoms with Crippen molar-refractivity contribution >= 4 is 5.91 Å². The maximum atomic E-state index is 12.3. The minimum atomic E-state index is 0.186. The van der Waals surface area contributed by atoms with Crippen molar-refractivity contribution in [2.75, 3.05) is 13.1 Å². The van der Waals surface area contributed by atoms with Gasteiger partial charge in [-0.2, -0.15) is 0 Å². The van der Waals surface area contributed by atoms with Crippen molar-refractivity contribution in [1.29, 1.82) is 0 Å². The molecule has 1 saturated heterocycles. The number of hydrogen-bond donors (Lipinski definition) is 2. The monoisotopic (exact) mass is 250 g/mol. The third-order valence-electron chi connectivity index (χ3n) is 5.66. The zero-order chi connectivity index (χ0) is 12.7. The Morgan fingerprint density at radius 1 is 1.28 bits per heavy atom. The molecule has 0 aromatic heterocycles. The lowest BCUT2D eigenvalue weighted by Crippen LogP contribution is -2.44. The smallest absolute Gasteiger partial charge is 0.224 e. The first kappa shape index (κ1) is 12.5. The van der Waals surface area contributed by atoms with Crippen LogP contribution in [0, 0.1) is 29.6 Å². The van der Waals surface area contributed by atoms with Gasteiger partial charge in [-0.05, 0) is 56.4 Å². The summed E-state index contributed by atoms with van der Waals surface area (Å²) in [5, 5.41) is 6.61. The Bertz CT molecular complexity index is 330. The highest BCUT2D eigenvalue weighted by atomic mass is 16.2. The molecule has 0 aromatic rings. The van der Waals surface area contributed by atoms with Crippen LogP contribution >= 0.6 is 0 Å². The van der Waals surface area contributed by atoms with E-state index in [4.69, 9.17) is 0 Å². The van der Waals surface area contributed by atoms with Gasteiger partial charge >= 0.3 is 0 Å². The molecule has 3 nitrogen and oxygen atoms in total. The minimum absolute atomic E-state index is 0.186. The summed E-state index contributed by atoms with van der Waals surface area (Å²) in [6.07, 6.45) is 5.61. The highest BCUT2D eigenvalue weighted by Gasteiger charge is 2.42. The summed E-state index contributed by atoms with van der Waals surface area (Å²) in [5.74, 6) is 3.55. The minimum Gasteiger partial charge on any atom is -0.353 e. The van der Waals surface area contributed by atoms with Crippen molar-refractivity contribution in [3.05, 3.63) is 0 Å². The first-order valence-electron chi connectivity index (χ1n) is 7.66. The SMILES string of the molecule is CC(NC(=O)[C@@H]1CNC[C@H]1C)C1CC2CCC1C2. The zero-order valence-corrected chi connectivity index (χ0v) is 11.6. The van der Waals surface area contributed by atoms with Gasteiger partial charge in [-0.25, -0.2) is 0 Å². The van der Waals surface area contributed by atoms with Crippen molar-refractivity contribution < 1.29 is 4.79 Å². The largest absolute Gasteiger partial charge is 0.353 e. The van der Waals surface area contributed by atoms with E-state index in [2.05, 4.69) is 24.5 Å². The molecule has 2 saturated carbocycles. The quantitative estimate of drug-likeness (QED) is 0.801. The van der Waals surface area contributed by atoms with E-state index in [1.54, 1.807) is 0 Å². The molecule has 3 aliphatic rings. The number of nitrogens with one attached hydrogen (secondary N) is 2. The van der Waals surface area contributed by atoms with E-state index >= 15 is 0 Å². The molecule has 102 valence electrons. The van der Waals surface area contributed by atoms with Crippen molar-refractivity contribution in [2.24, 2.45) is 29.6 Å². The van der Waals surface area contributed by atoms with Crippen molar-refractivity contribution in [3.63, 3.8) is 0 Å². The molecule has 3 heteroatoms. The van der Waals surface area contributed by atoms with Gasteiger partial charge in [0, 0.05) is 12.6 Å². The van der Waals surface area contributed by atoms with Crippen LogP contribution in [0.25, 0.3) is 0 Å². The van der Waals surface area contributed by atoms with Crippen LogP contribution in [0.5, 0.6) is 0 Å². The summed E-state index contributed by atoms with van der Waals surface area (Å²) >= 11 is 0. The third kappa shape index (κ3) is 2.18. The molecule has 0 radical (unpaired) electrons. The first-order valence-corrected chi connectivity index (χ1v) is 7.66. The summed E-state index contributed by atoms with van der Waals surface area (Å²) in [6, 6.07) is 0.376. The van der Waals surface area contributed by atoms with Crippen molar-refractivity contribution in [1.82, 2.24) is 10.6 Å². The predicted octanol–water partition coefficient (Wildman–Crippen LogP) is 1.78. The molecule has 0 spiro atoms. The Labute approximate surface area is 110 Å². The van der Waals surface area contributed by atoms with Crippen LogP contribution < -0.4 is 10.6 Å². The lowest BCUT2D eigenvalue weighted by atomic mass is 9.83. The van der Waals surface area contributed by atoms with Gasteiger partial charge < -0.3 is 10.6 Å². The van der Waals surface area contributed by atoms with Gasteiger partial charge in [-0.1, -0.05) is 13.3 Å². The van der Waals surface area contributed by atoms with E-state index < -0.39 is 0 Å². The predicted molar refractivity (Wildman–Crippen MR) is 72.1 cm³/mol. The van der Waals surface area contributed by atoms with Crippen molar-refractivity contribution in [2.45, 2.75) is 45.6 Å². The summed E-state index contributed by atoms with van der Waals surface area (Å²) < 4.78 is 0. The fraction of sp³-hybridized carbons (Fsp3) is 0.933. The maximum Gasteiger partial charge on any atom is 0.224 e. The number of hydrogen-bond acceptors (Lipinski definition) is 2. The molecule has 6 atom stereocenters. The number of carbonyl (C=O) groups excluding carboxylic acids is 1. The standard InChI is InChI=1S/C15H26N2O/c1-9-7-16-8-14(9)15(18)17-10(2)13-6-11-3-4-12(13)5-11/h9-14,16H,3-8H2,1-2H3,(H,17,18)/t9-,10?,11?,12?,13?,14-/m1/s1. The second-order valence-corrected chi connectivity index (χ2v) is 6.88. The molecule has 0 aromatic carbocycles. The van der Waals surface area contributed by atoms with Crippen LogP contribution in [0.1, 0.15) is 39.5 Å². The van der Waals surface area contributed by atoms with E-state index in [1.165, 1.54) is 25.7 Å². The fourth-order valence-electron chi connectivity index (χ4n) is 4.51. The average molecular weight is 250 g/mol. The normalized spacial score (nSPS) is 44.2. The van der Waals surface area contributed by atoms with E-state index in [9.17, 15) is 4.79 Å². The van der Waals surface area contributed by atoms with Gasteiger partial charge in [0.05, 0.1) is 5.92 Å². The van der Waals surface area contributed by atoms with E-state index in [0.717, 1.165) is 30.8 Å². The van der Waals surface area contributed by atoms with Crippen LogP contribution in [0.4, 0.5) is 0 Å². The first-order chi connectivity index (χ1) is 8.65. The second-order valence-electron chi connectivity index (χ2n) is 6.88. The van der Waals surface area contributed by atoms with Gasteiger partial charge in [-0.15, -0.1) is 0 Å². The van der Waals surface area contributed by atoms with Gasteiger partial charge in [-0.3, -0.25) is 4.79 Å². The molecule has 2 bridgehead atoms. The molecule has 2 N–H and O–H groups in total. The molecule has 1 heterocycles. The Morgan fingerprint density at radius 2 is 2.11 bits per heavy atom. The summed E-state index contributed by atoms with van der Waals surface area (Å²) in [7, 11) is 0. The molecular formula is C15H26N2O. The number of carbonyl (C=O) groups is 1. The summed E-state index contributed by atoms with van der Waals surface area (Å²) in [6.45, 7) is 6.24. The lowest BCUT2D eigenvalue weighted by molar-refractivity contribution is -0.126. The zero-order valence-electron chi connectivity index (χ0n) is 11.6. The van der Waals surface area contributed by atoms with Gasteiger partial charge in [0.2, 0.25) is 5.91 Å². The molecule has 4 unspecified atom stereocenters. The van der Waals surface area contributed by atoms with Crippen LogP contribution in [0.15, 0.2) is 0 Å². The van der Waals surface area contributed by atoms with Crippen LogP contribution in [-0.4, -0.2) is 25.0 Å². The molecule has 1 amide bonds. The third-order valence-corrected chi connectivity index (χ3v) is 5.66. The van der Waals surface area contributed by atoms with E-state index in [0.29, 0.717) is 12.0 Å². The maximum absolute atomic E-state index is 12.3. The molecule has 18 heavy (non-hydrogen) atoms. The van der Waals surface area contributed by atoms with Crippen LogP contribution in [-0.2, 0) is 4.79 Å². The fourth-order valence-corrected chi connectivity index (χ4v) is 4.51. The average Bonchev–Trinajstić information content (AvgIpc) is 3.03. The highest BCUT2D eigenvalue weighted by molar-refractivity contribution is 5.79. The molecule has 3 fully saturated rings. The van der Waals surface area contributed by atoms with E-state index in [1.807, 2.05) is 0 Å². The lowest BCUT2D eigenvalue weighted by Gasteiger charge is -2.29. The summed E-state index contributed by atoms with van der Waals surface area (Å²) in [4.78, 5) is 12.3. The Morgan fingerprint density at radius 3 is 2.67 bits per heavy atom. The van der Waals surface area contributed by atoms with Crippen molar-refractivity contribution in [3.8, 4) is 0 Å². The highest BCUT2D eigenvalue weighted by Crippen LogP contribution is 2.49. The summed E-state index contributed by atoms with van der Waals surface area (Å²) in [5.41, 5.74) is 0. The number of fused-ring (bicyclic) bond motifs is 2. The van der Waals surface area contributed by atoms with E-state index in [-0.39, 0.29) is 11.8 Å². The molecule has 2 aliphatic carbocycles. The molecular weight excluding hydrogens is 224 g/mol. The number of amides is 1. The molecule has 3 rings (SSSR count).